The maximum Gasteiger partial charge on any atom is 0.261 e. The summed E-state index contributed by atoms with van der Waals surface area (Å²) >= 11 is 0. The van der Waals surface area contributed by atoms with Crippen LogP contribution >= 0.6 is 0 Å². The third-order valence-corrected chi connectivity index (χ3v) is 4.63. The van der Waals surface area contributed by atoms with Crippen LogP contribution < -0.4 is 4.72 Å². The summed E-state index contributed by atoms with van der Waals surface area (Å²) in [6.07, 6.45) is 3.01. The molecule has 0 aliphatic heterocycles. The molecule has 118 valence electrons. The van der Waals surface area contributed by atoms with Crippen LogP contribution in [0, 0.1) is 6.92 Å². The Hall–Kier alpha value is -2.87. The van der Waals surface area contributed by atoms with Gasteiger partial charge in [-0.1, -0.05) is 22.9 Å². The molecule has 0 saturated carbocycles. The molecule has 0 bridgehead atoms. The molecule has 0 saturated heterocycles. The van der Waals surface area contributed by atoms with Crippen LogP contribution in [0.15, 0.2) is 59.8 Å². The maximum absolute atomic E-state index is 12.4. The summed E-state index contributed by atoms with van der Waals surface area (Å²) in [6, 6.07) is 10.9. The summed E-state index contributed by atoms with van der Waals surface area (Å²) in [5.41, 5.74) is 1.61. The molecule has 0 radical (unpaired) electrons. The van der Waals surface area contributed by atoms with Crippen LogP contribution in [0.25, 0.3) is 5.69 Å². The number of anilines is 1. The SMILES string of the molecule is Cc1ccc(S(=O)(=O)Nc2ccc(O)c(-n3ccnn3)c2)cc1. The van der Waals surface area contributed by atoms with Crippen molar-refractivity contribution in [3.8, 4) is 11.4 Å². The number of nitrogens with zero attached hydrogens (tertiary/aromatic N) is 3. The van der Waals surface area contributed by atoms with Gasteiger partial charge in [0.15, 0.2) is 0 Å². The van der Waals surface area contributed by atoms with E-state index in [0.717, 1.165) is 5.56 Å². The van der Waals surface area contributed by atoms with Crippen molar-refractivity contribution in [3.63, 3.8) is 0 Å². The topological polar surface area (TPSA) is 97.1 Å². The summed E-state index contributed by atoms with van der Waals surface area (Å²) in [5.74, 6) is -0.0335. The Kier molecular flexibility index (Phi) is 3.75. The maximum atomic E-state index is 12.4. The van der Waals surface area contributed by atoms with Gasteiger partial charge in [-0.2, -0.15) is 0 Å². The first kappa shape index (κ1) is 15.0. The monoisotopic (exact) mass is 330 g/mol. The average molecular weight is 330 g/mol. The normalized spacial score (nSPS) is 11.3. The van der Waals surface area contributed by atoms with Crippen molar-refractivity contribution in [3.05, 3.63) is 60.4 Å². The predicted octanol–water partition coefficient (Wildman–Crippen LogP) is 2.08. The van der Waals surface area contributed by atoms with Crippen molar-refractivity contribution >= 4 is 15.7 Å². The van der Waals surface area contributed by atoms with E-state index in [1.54, 1.807) is 18.3 Å². The second-order valence-electron chi connectivity index (χ2n) is 4.97. The lowest BCUT2D eigenvalue weighted by Crippen LogP contribution is -2.13. The van der Waals surface area contributed by atoms with Crippen molar-refractivity contribution in [2.24, 2.45) is 0 Å². The van der Waals surface area contributed by atoms with Crippen molar-refractivity contribution in [1.82, 2.24) is 15.0 Å². The highest BCUT2D eigenvalue weighted by molar-refractivity contribution is 7.92. The van der Waals surface area contributed by atoms with Gasteiger partial charge in [-0.15, -0.1) is 5.10 Å². The Morgan fingerprint density at radius 1 is 1.13 bits per heavy atom. The van der Waals surface area contributed by atoms with Crippen molar-refractivity contribution in [1.29, 1.82) is 0 Å². The van der Waals surface area contributed by atoms with Crippen molar-refractivity contribution in [2.45, 2.75) is 11.8 Å². The van der Waals surface area contributed by atoms with Crippen LogP contribution in [0.1, 0.15) is 5.56 Å². The first-order valence-corrected chi connectivity index (χ1v) is 8.23. The lowest BCUT2D eigenvalue weighted by atomic mass is 10.2. The predicted molar refractivity (Wildman–Crippen MR) is 85.0 cm³/mol. The summed E-state index contributed by atoms with van der Waals surface area (Å²) in [4.78, 5) is 0.165. The van der Waals surface area contributed by atoms with E-state index in [1.807, 2.05) is 6.92 Å². The van der Waals surface area contributed by atoms with E-state index in [-0.39, 0.29) is 10.6 Å². The summed E-state index contributed by atoms with van der Waals surface area (Å²) in [6.45, 7) is 1.88. The van der Waals surface area contributed by atoms with Crippen molar-refractivity contribution in [2.75, 3.05) is 4.72 Å². The summed E-state index contributed by atoms with van der Waals surface area (Å²) in [5, 5.41) is 17.3. The van der Waals surface area contributed by atoms with Gasteiger partial charge in [0.1, 0.15) is 11.4 Å². The van der Waals surface area contributed by atoms with E-state index in [2.05, 4.69) is 15.0 Å². The van der Waals surface area contributed by atoms with Crippen molar-refractivity contribution < 1.29 is 13.5 Å². The zero-order valence-corrected chi connectivity index (χ0v) is 13.0. The zero-order chi connectivity index (χ0) is 16.4. The zero-order valence-electron chi connectivity index (χ0n) is 12.2. The van der Waals surface area contributed by atoms with Gasteiger partial charge >= 0.3 is 0 Å². The highest BCUT2D eigenvalue weighted by atomic mass is 32.2. The molecule has 7 nitrogen and oxygen atoms in total. The number of phenols is 1. The first-order chi connectivity index (χ1) is 11.0. The minimum atomic E-state index is -3.71. The fourth-order valence-electron chi connectivity index (χ4n) is 2.04. The molecule has 3 rings (SSSR count). The number of aromatic hydroxyl groups is 1. The minimum absolute atomic E-state index is 0.0335. The first-order valence-electron chi connectivity index (χ1n) is 6.75. The van der Waals surface area contributed by atoms with Crippen LogP contribution in [-0.4, -0.2) is 28.5 Å². The molecule has 0 atom stereocenters. The molecular weight excluding hydrogens is 316 g/mol. The second-order valence-corrected chi connectivity index (χ2v) is 6.65. The van der Waals surface area contributed by atoms with Gasteiger partial charge in [0, 0.05) is 0 Å². The third-order valence-electron chi connectivity index (χ3n) is 3.23. The van der Waals surface area contributed by atoms with Gasteiger partial charge in [-0.3, -0.25) is 4.72 Å². The molecule has 3 aromatic rings. The van der Waals surface area contributed by atoms with E-state index >= 15 is 0 Å². The standard InChI is InChI=1S/C15H14N4O3S/c1-11-2-5-13(6-3-11)23(21,22)17-12-4-7-15(20)14(10-12)19-9-8-16-18-19/h2-10,17,20H,1H3. The molecule has 0 aliphatic rings. The molecule has 1 heterocycles. The third kappa shape index (κ3) is 3.16. The Bertz CT molecular complexity index is 920. The largest absolute Gasteiger partial charge is 0.506 e. The van der Waals surface area contributed by atoms with Crippen LogP contribution in [0.4, 0.5) is 5.69 Å². The number of aryl methyl sites for hydroxylation is 1. The number of aromatic nitrogens is 3. The quantitative estimate of drug-likeness (QED) is 0.714. The van der Waals surface area contributed by atoms with Gasteiger partial charge < -0.3 is 5.11 Å². The van der Waals surface area contributed by atoms with E-state index in [9.17, 15) is 13.5 Å². The van der Waals surface area contributed by atoms with Gasteiger partial charge in [-0.25, -0.2) is 13.1 Å². The highest BCUT2D eigenvalue weighted by Gasteiger charge is 2.15. The molecule has 23 heavy (non-hydrogen) atoms. The summed E-state index contributed by atoms with van der Waals surface area (Å²) < 4.78 is 28.6. The van der Waals surface area contributed by atoms with Gasteiger partial charge in [0.05, 0.1) is 23.0 Å². The molecule has 2 aromatic carbocycles. The molecule has 1 aromatic heterocycles. The Morgan fingerprint density at radius 2 is 1.87 bits per heavy atom. The van der Waals surface area contributed by atoms with Crippen LogP contribution in [-0.2, 0) is 10.0 Å². The minimum Gasteiger partial charge on any atom is -0.506 e. The van der Waals surface area contributed by atoms with E-state index in [1.165, 1.54) is 41.2 Å². The fourth-order valence-corrected chi connectivity index (χ4v) is 3.09. The average Bonchev–Trinajstić information content (AvgIpc) is 3.03. The Morgan fingerprint density at radius 3 is 2.52 bits per heavy atom. The number of phenolic OH excluding ortho intramolecular Hbond substituents is 1. The smallest absolute Gasteiger partial charge is 0.261 e. The molecular formula is C15H14N4O3S. The summed E-state index contributed by atoms with van der Waals surface area (Å²) in [7, 11) is -3.71. The highest BCUT2D eigenvalue weighted by Crippen LogP contribution is 2.26. The molecule has 8 heteroatoms. The lowest BCUT2D eigenvalue weighted by molar-refractivity contribution is 0.470. The lowest BCUT2D eigenvalue weighted by Gasteiger charge is -2.11. The van der Waals surface area contributed by atoms with Gasteiger partial charge in [-0.05, 0) is 37.3 Å². The number of hydrogen-bond acceptors (Lipinski definition) is 5. The number of sulfonamides is 1. The Balaban J connectivity index is 1.94. The fraction of sp³-hybridized carbons (Fsp3) is 0.0667. The molecule has 0 amide bonds. The molecule has 0 spiro atoms. The van der Waals surface area contributed by atoms with E-state index < -0.39 is 10.0 Å². The van der Waals surface area contributed by atoms with Gasteiger partial charge in [0.25, 0.3) is 10.0 Å². The number of benzene rings is 2. The van der Waals surface area contributed by atoms with Crippen LogP contribution in [0.5, 0.6) is 5.75 Å². The van der Waals surface area contributed by atoms with Crippen LogP contribution in [0.3, 0.4) is 0 Å². The Labute approximate surface area is 133 Å². The molecule has 0 unspecified atom stereocenters. The number of hydrogen-bond donors (Lipinski definition) is 2. The number of nitrogens with one attached hydrogen (secondary N) is 1. The van der Waals surface area contributed by atoms with E-state index in [4.69, 9.17) is 0 Å². The van der Waals surface area contributed by atoms with E-state index in [0.29, 0.717) is 11.4 Å². The van der Waals surface area contributed by atoms with Gasteiger partial charge in [0.2, 0.25) is 0 Å². The number of rotatable bonds is 4. The van der Waals surface area contributed by atoms with Crippen LogP contribution in [0.2, 0.25) is 0 Å². The molecule has 2 N–H and O–H groups in total. The molecule has 0 fully saturated rings. The second kappa shape index (κ2) is 5.73. The molecule has 0 aliphatic carbocycles.